The molecule has 0 aliphatic carbocycles. The van der Waals surface area contributed by atoms with Crippen molar-refractivity contribution in [1.29, 1.82) is 0 Å². The predicted octanol–water partition coefficient (Wildman–Crippen LogP) is 3.32. The second-order valence-electron chi connectivity index (χ2n) is 5.73. The van der Waals surface area contributed by atoms with E-state index >= 15 is 0 Å². The Morgan fingerprint density at radius 2 is 2.30 bits per heavy atom. The van der Waals surface area contributed by atoms with Crippen molar-refractivity contribution in [2.45, 2.75) is 45.6 Å². The topological polar surface area (TPSA) is 35.8 Å². The largest absolute Gasteiger partial charge is 0.487 e. The molecule has 4 nitrogen and oxygen atoms in total. The normalized spacial score (nSPS) is 19.7. The van der Waals surface area contributed by atoms with Crippen LogP contribution < -0.4 is 4.74 Å². The average molecular weight is 274 g/mol. The summed E-state index contributed by atoms with van der Waals surface area (Å²) in [6, 6.07) is 4.00. The number of imidazole rings is 1. The predicted molar refractivity (Wildman–Crippen MR) is 78.5 cm³/mol. The molecule has 3 heterocycles. The minimum atomic E-state index is 0.152. The van der Waals surface area contributed by atoms with E-state index in [2.05, 4.69) is 17.5 Å². The van der Waals surface area contributed by atoms with Crippen molar-refractivity contribution in [3.05, 3.63) is 29.7 Å². The summed E-state index contributed by atoms with van der Waals surface area (Å²) in [6.07, 6.45) is 4.48. The molecule has 0 amide bonds. The van der Waals surface area contributed by atoms with E-state index in [1.54, 1.807) is 0 Å². The SMILES string of the molecule is Cc1c(C2CCCOC2)nc2c(OC(C)C)cccn12. The highest BCUT2D eigenvalue weighted by Crippen LogP contribution is 2.30. The van der Waals surface area contributed by atoms with Gasteiger partial charge in [-0.15, -0.1) is 0 Å². The third-order valence-corrected chi connectivity index (χ3v) is 3.80. The number of pyridine rings is 1. The smallest absolute Gasteiger partial charge is 0.180 e. The van der Waals surface area contributed by atoms with Crippen molar-refractivity contribution >= 4 is 5.65 Å². The van der Waals surface area contributed by atoms with Crippen LogP contribution in [0.2, 0.25) is 0 Å². The van der Waals surface area contributed by atoms with Crippen molar-refractivity contribution in [1.82, 2.24) is 9.38 Å². The van der Waals surface area contributed by atoms with Gasteiger partial charge in [-0.1, -0.05) is 0 Å². The fraction of sp³-hybridized carbons (Fsp3) is 0.562. The first-order valence-corrected chi connectivity index (χ1v) is 7.39. The quantitative estimate of drug-likeness (QED) is 0.861. The summed E-state index contributed by atoms with van der Waals surface area (Å²) in [5.41, 5.74) is 3.27. The van der Waals surface area contributed by atoms with E-state index < -0.39 is 0 Å². The van der Waals surface area contributed by atoms with Crippen molar-refractivity contribution < 1.29 is 9.47 Å². The Hall–Kier alpha value is -1.55. The van der Waals surface area contributed by atoms with Crippen LogP contribution in [0.15, 0.2) is 18.3 Å². The second kappa shape index (κ2) is 5.44. The summed E-state index contributed by atoms with van der Waals surface area (Å²) in [6.45, 7) is 7.86. The molecule has 0 saturated carbocycles. The van der Waals surface area contributed by atoms with Crippen molar-refractivity contribution in [3.63, 3.8) is 0 Å². The maximum Gasteiger partial charge on any atom is 0.180 e. The van der Waals surface area contributed by atoms with Crippen molar-refractivity contribution in [2.75, 3.05) is 13.2 Å². The van der Waals surface area contributed by atoms with Gasteiger partial charge in [0.25, 0.3) is 0 Å². The lowest BCUT2D eigenvalue weighted by Crippen LogP contribution is -2.16. The third-order valence-electron chi connectivity index (χ3n) is 3.80. The van der Waals surface area contributed by atoms with Crippen LogP contribution in [-0.4, -0.2) is 28.7 Å². The molecule has 0 N–H and O–H groups in total. The fourth-order valence-corrected chi connectivity index (χ4v) is 2.87. The van der Waals surface area contributed by atoms with Crippen LogP contribution in [0.5, 0.6) is 5.75 Å². The first-order valence-electron chi connectivity index (χ1n) is 7.39. The summed E-state index contributed by atoms with van der Waals surface area (Å²) in [7, 11) is 0. The molecule has 1 atom stereocenters. The highest BCUT2D eigenvalue weighted by atomic mass is 16.5. The van der Waals surface area contributed by atoms with Gasteiger partial charge in [0.05, 0.1) is 18.4 Å². The maximum atomic E-state index is 5.87. The zero-order valence-corrected chi connectivity index (χ0v) is 12.4. The second-order valence-corrected chi connectivity index (χ2v) is 5.73. The zero-order valence-electron chi connectivity index (χ0n) is 12.4. The Balaban J connectivity index is 2.04. The minimum Gasteiger partial charge on any atom is -0.487 e. The van der Waals surface area contributed by atoms with Crippen molar-refractivity contribution in [2.24, 2.45) is 0 Å². The van der Waals surface area contributed by atoms with Gasteiger partial charge in [-0.3, -0.25) is 0 Å². The van der Waals surface area contributed by atoms with Gasteiger partial charge in [0.15, 0.2) is 11.4 Å². The molecule has 1 unspecified atom stereocenters. The molecule has 0 bridgehead atoms. The molecule has 1 fully saturated rings. The molecule has 2 aromatic rings. The molecular weight excluding hydrogens is 252 g/mol. The van der Waals surface area contributed by atoms with E-state index in [1.807, 2.05) is 26.0 Å². The molecule has 0 aromatic carbocycles. The molecule has 0 radical (unpaired) electrons. The molecule has 4 heteroatoms. The number of aromatic nitrogens is 2. The van der Waals surface area contributed by atoms with Gasteiger partial charge < -0.3 is 13.9 Å². The summed E-state index contributed by atoms with van der Waals surface area (Å²) < 4.78 is 13.6. The number of rotatable bonds is 3. The molecule has 1 aliphatic rings. The van der Waals surface area contributed by atoms with Crippen LogP contribution >= 0.6 is 0 Å². The Labute approximate surface area is 119 Å². The lowest BCUT2D eigenvalue weighted by molar-refractivity contribution is 0.0792. The van der Waals surface area contributed by atoms with Crippen LogP contribution in [0.25, 0.3) is 5.65 Å². The Morgan fingerprint density at radius 3 is 3.00 bits per heavy atom. The number of nitrogens with zero attached hydrogens (tertiary/aromatic N) is 2. The van der Waals surface area contributed by atoms with E-state index in [9.17, 15) is 0 Å². The summed E-state index contributed by atoms with van der Waals surface area (Å²) in [5, 5.41) is 0. The van der Waals surface area contributed by atoms with Gasteiger partial charge in [0.2, 0.25) is 0 Å². The third kappa shape index (κ3) is 2.40. The Morgan fingerprint density at radius 1 is 1.45 bits per heavy atom. The van der Waals surface area contributed by atoms with E-state index in [1.165, 1.54) is 5.69 Å². The van der Waals surface area contributed by atoms with Gasteiger partial charge in [0, 0.05) is 24.4 Å². The molecule has 2 aromatic heterocycles. The maximum absolute atomic E-state index is 5.87. The first kappa shape index (κ1) is 13.4. The standard InChI is InChI=1S/C16H22N2O2/c1-11(2)20-14-7-4-8-18-12(3)15(17-16(14)18)13-6-5-9-19-10-13/h4,7-8,11,13H,5-6,9-10H2,1-3H3. The first-order chi connectivity index (χ1) is 9.66. The zero-order chi connectivity index (χ0) is 14.1. The van der Waals surface area contributed by atoms with E-state index in [0.29, 0.717) is 5.92 Å². The molecule has 1 aliphatic heterocycles. The van der Waals surface area contributed by atoms with E-state index in [0.717, 1.165) is 43.1 Å². The van der Waals surface area contributed by atoms with Crippen LogP contribution in [0.1, 0.15) is 44.0 Å². The van der Waals surface area contributed by atoms with Crippen molar-refractivity contribution in [3.8, 4) is 5.75 Å². The molecule has 0 spiro atoms. The van der Waals surface area contributed by atoms with Gasteiger partial charge in [0.1, 0.15) is 0 Å². The van der Waals surface area contributed by atoms with Gasteiger partial charge in [-0.25, -0.2) is 4.98 Å². The molecule has 1 saturated heterocycles. The van der Waals surface area contributed by atoms with Crippen LogP contribution in [-0.2, 0) is 4.74 Å². The fourth-order valence-electron chi connectivity index (χ4n) is 2.87. The lowest BCUT2D eigenvalue weighted by Gasteiger charge is -2.20. The van der Waals surface area contributed by atoms with Crippen LogP contribution in [0.3, 0.4) is 0 Å². The van der Waals surface area contributed by atoms with E-state index in [4.69, 9.17) is 14.5 Å². The number of ether oxygens (including phenoxy) is 2. The van der Waals surface area contributed by atoms with E-state index in [-0.39, 0.29) is 6.10 Å². The van der Waals surface area contributed by atoms with Gasteiger partial charge >= 0.3 is 0 Å². The Bertz CT molecular complexity index is 598. The molecule has 3 rings (SSSR count). The van der Waals surface area contributed by atoms with Gasteiger partial charge in [-0.05, 0) is 45.7 Å². The van der Waals surface area contributed by atoms with Crippen LogP contribution in [0.4, 0.5) is 0 Å². The average Bonchev–Trinajstić information content (AvgIpc) is 2.78. The number of hydrogen-bond donors (Lipinski definition) is 0. The number of fused-ring (bicyclic) bond motifs is 1. The summed E-state index contributed by atoms with van der Waals surface area (Å²) >= 11 is 0. The minimum absolute atomic E-state index is 0.152. The number of aryl methyl sites for hydroxylation is 1. The molecule has 108 valence electrons. The highest BCUT2D eigenvalue weighted by Gasteiger charge is 2.23. The highest BCUT2D eigenvalue weighted by molar-refractivity contribution is 5.56. The van der Waals surface area contributed by atoms with Gasteiger partial charge in [-0.2, -0.15) is 0 Å². The Kier molecular flexibility index (Phi) is 3.66. The molecule has 20 heavy (non-hydrogen) atoms. The lowest BCUT2D eigenvalue weighted by atomic mass is 9.97. The molecular formula is C16H22N2O2. The summed E-state index contributed by atoms with van der Waals surface area (Å²) in [5.74, 6) is 1.27. The monoisotopic (exact) mass is 274 g/mol. The number of hydrogen-bond acceptors (Lipinski definition) is 3. The summed E-state index contributed by atoms with van der Waals surface area (Å²) in [4.78, 5) is 4.85. The van der Waals surface area contributed by atoms with Crippen LogP contribution in [0, 0.1) is 6.92 Å².